The van der Waals surface area contributed by atoms with Crippen LogP contribution in [0, 0.1) is 0 Å². The Morgan fingerprint density at radius 3 is 2.68 bits per heavy atom. The third kappa shape index (κ3) is 4.40. The van der Waals surface area contributed by atoms with Crippen molar-refractivity contribution in [3.63, 3.8) is 0 Å². The third-order valence-corrected chi connectivity index (χ3v) is 2.74. The van der Waals surface area contributed by atoms with Gasteiger partial charge in [0.15, 0.2) is 0 Å². The SMILES string of the molecule is CCOC(=O)CCNC(=O)N1C[C@@H](O)C[C@H]1C(=O)O. The number of likely N-dealkylation sites (tertiary alicyclic amines) is 1. The first kappa shape index (κ1) is 15.2. The van der Waals surface area contributed by atoms with E-state index in [1.807, 2.05) is 0 Å². The third-order valence-electron chi connectivity index (χ3n) is 2.74. The Kier molecular flexibility index (Phi) is 5.56. The summed E-state index contributed by atoms with van der Waals surface area (Å²) < 4.78 is 4.69. The Labute approximate surface area is 110 Å². The maximum Gasteiger partial charge on any atom is 0.326 e. The molecular weight excluding hydrogens is 256 g/mol. The number of amides is 2. The zero-order valence-electron chi connectivity index (χ0n) is 10.7. The molecular formula is C11H18N2O6. The number of β-amino-alcohol motifs (C(OH)–C–C–N with tert-alkyl or cyclic N) is 1. The van der Waals surface area contributed by atoms with E-state index in [0.717, 1.165) is 4.90 Å². The van der Waals surface area contributed by atoms with Gasteiger partial charge in [-0.1, -0.05) is 0 Å². The predicted octanol–water partition coefficient (Wildman–Crippen LogP) is -0.831. The molecule has 8 heteroatoms. The quantitative estimate of drug-likeness (QED) is 0.563. The maximum absolute atomic E-state index is 11.7. The number of hydrogen-bond acceptors (Lipinski definition) is 5. The molecule has 0 aromatic rings. The van der Waals surface area contributed by atoms with Crippen LogP contribution in [-0.2, 0) is 14.3 Å². The van der Waals surface area contributed by atoms with Gasteiger partial charge >= 0.3 is 18.0 Å². The van der Waals surface area contributed by atoms with Crippen LogP contribution in [0.15, 0.2) is 0 Å². The molecule has 0 aromatic heterocycles. The molecule has 3 N–H and O–H groups in total. The van der Waals surface area contributed by atoms with Crippen LogP contribution < -0.4 is 5.32 Å². The molecule has 8 nitrogen and oxygen atoms in total. The van der Waals surface area contributed by atoms with Crippen molar-refractivity contribution >= 4 is 18.0 Å². The normalized spacial score (nSPS) is 22.1. The molecule has 1 fully saturated rings. The van der Waals surface area contributed by atoms with Crippen molar-refractivity contribution in [2.45, 2.75) is 31.9 Å². The number of aliphatic hydroxyl groups is 1. The number of carboxylic acid groups (broad SMARTS) is 1. The van der Waals surface area contributed by atoms with Crippen molar-refractivity contribution in [2.24, 2.45) is 0 Å². The van der Waals surface area contributed by atoms with Crippen LogP contribution in [0.2, 0.25) is 0 Å². The molecule has 1 heterocycles. The van der Waals surface area contributed by atoms with Gasteiger partial charge in [-0.05, 0) is 6.92 Å². The maximum atomic E-state index is 11.7. The summed E-state index contributed by atoms with van der Waals surface area (Å²) in [6, 6.07) is -1.63. The van der Waals surface area contributed by atoms with E-state index < -0.39 is 30.1 Å². The first-order valence-electron chi connectivity index (χ1n) is 6.06. The van der Waals surface area contributed by atoms with Crippen molar-refractivity contribution in [1.82, 2.24) is 10.2 Å². The van der Waals surface area contributed by atoms with E-state index >= 15 is 0 Å². The molecule has 0 unspecified atom stereocenters. The van der Waals surface area contributed by atoms with Crippen molar-refractivity contribution in [3.8, 4) is 0 Å². The molecule has 1 aliphatic heterocycles. The van der Waals surface area contributed by atoms with Gasteiger partial charge in [0.1, 0.15) is 6.04 Å². The van der Waals surface area contributed by atoms with E-state index in [4.69, 9.17) is 5.11 Å². The van der Waals surface area contributed by atoms with E-state index in [1.54, 1.807) is 6.92 Å². The minimum atomic E-state index is -1.16. The lowest BCUT2D eigenvalue weighted by Gasteiger charge is -2.21. The Balaban J connectivity index is 2.40. The van der Waals surface area contributed by atoms with E-state index in [9.17, 15) is 19.5 Å². The molecule has 0 spiro atoms. The lowest BCUT2D eigenvalue weighted by Crippen LogP contribution is -2.46. The number of aliphatic hydroxyl groups excluding tert-OH is 1. The second-order valence-electron chi connectivity index (χ2n) is 4.18. The molecule has 0 bridgehead atoms. The van der Waals surface area contributed by atoms with Gasteiger partial charge in [0, 0.05) is 19.5 Å². The highest BCUT2D eigenvalue weighted by molar-refractivity contribution is 5.83. The predicted molar refractivity (Wildman–Crippen MR) is 63.4 cm³/mol. The van der Waals surface area contributed by atoms with Gasteiger partial charge in [-0.3, -0.25) is 4.79 Å². The number of aliphatic carboxylic acids is 1. The highest BCUT2D eigenvalue weighted by atomic mass is 16.5. The van der Waals surface area contributed by atoms with Gasteiger partial charge in [0.25, 0.3) is 0 Å². The molecule has 1 rings (SSSR count). The fourth-order valence-electron chi connectivity index (χ4n) is 1.88. The number of carbonyl (C=O) groups excluding carboxylic acids is 2. The monoisotopic (exact) mass is 274 g/mol. The summed E-state index contributed by atoms with van der Waals surface area (Å²) in [6.45, 7) is 1.99. The van der Waals surface area contributed by atoms with Gasteiger partial charge in [-0.15, -0.1) is 0 Å². The van der Waals surface area contributed by atoms with Crippen LogP contribution in [0.25, 0.3) is 0 Å². The Morgan fingerprint density at radius 1 is 1.42 bits per heavy atom. The highest BCUT2D eigenvalue weighted by Crippen LogP contribution is 2.17. The first-order chi connectivity index (χ1) is 8.95. The molecule has 0 saturated carbocycles. The number of carbonyl (C=O) groups is 3. The largest absolute Gasteiger partial charge is 0.480 e. The second-order valence-corrected chi connectivity index (χ2v) is 4.18. The van der Waals surface area contributed by atoms with Gasteiger partial charge in [0.2, 0.25) is 0 Å². The van der Waals surface area contributed by atoms with Crippen LogP contribution in [0.4, 0.5) is 4.79 Å². The number of nitrogens with zero attached hydrogens (tertiary/aromatic N) is 1. The van der Waals surface area contributed by atoms with Crippen LogP contribution in [0.3, 0.4) is 0 Å². The van der Waals surface area contributed by atoms with E-state index in [1.165, 1.54) is 0 Å². The van der Waals surface area contributed by atoms with Crippen molar-refractivity contribution in [1.29, 1.82) is 0 Å². The summed E-state index contributed by atoms with van der Waals surface area (Å²) in [6.07, 6.45) is -0.800. The highest BCUT2D eigenvalue weighted by Gasteiger charge is 2.38. The smallest absolute Gasteiger partial charge is 0.326 e. The molecule has 19 heavy (non-hydrogen) atoms. The summed E-state index contributed by atoms with van der Waals surface area (Å²) in [7, 11) is 0. The average Bonchev–Trinajstić information content (AvgIpc) is 2.72. The fraction of sp³-hybridized carbons (Fsp3) is 0.727. The minimum Gasteiger partial charge on any atom is -0.480 e. The van der Waals surface area contributed by atoms with Gasteiger partial charge in [-0.25, -0.2) is 9.59 Å². The van der Waals surface area contributed by atoms with Gasteiger partial charge in [0.05, 0.1) is 19.1 Å². The number of hydrogen-bond donors (Lipinski definition) is 3. The lowest BCUT2D eigenvalue weighted by atomic mass is 10.2. The molecule has 2 amide bonds. The minimum absolute atomic E-state index is 0.0145. The number of carboxylic acids is 1. The van der Waals surface area contributed by atoms with Crippen molar-refractivity contribution < 1.29 is 29.3 Å². The standard InChI is InChI=1S/C11H18N2O6/c1-2-19-9(15)3-4-12-11(18)13-6-7(14)5-8(13)10(16)17/h7-8,14H,2-6H2,1H3,(H,12,18)(H,16,17)/t7-,8-/m0/s1. The number of esters is 1. The summed E-state index contributed by atoms with van der Waals surface area (Å²) in [4.78, 5) is 34.8. The molecule has 0 aromatic carbocycles. The number of ether oxygens (including phenoxy) is 1. The van der Waals surface area contributed by atoms with E-state index in [0.29, 0.717) is 0 Å². The van der Waals surface area contributed by atoms with Crippen molar-refractivity contribution in [2.75, 3.05) is 19.7 Å². The zero-order chi connectivity index (χ0) is 14.4. The molecule has 108 valence electrons. The number of urea groups is 1. The molecule has 0 aliphatic carbocycles. The zero-order valence-corrected chi connectivity index (χ0v) is 10.7. The summed E-state index contributed by atoms with van der Waals surface area (Å²) >= 11 is 0. The van der Waals surface area contributed by atoms with Gasteiger partial charge < -0.3 is 25.2 Å². The summed E-state index contributed by atoms with van der Waals surface area (Å²) in [5.41, 5.74) is 0. The molecule has 1 saturated heterocycles. The average molecular weight is 274 g/mol. The van der Waals surface area contributed by atoms with Crippen LogP contribution in [0.1, 0.15) is 19.8 Å². The van der Waals surface area contributed by atoms with Crippen LogP contribution >= 0.6 is 0 Å². The molecule has 1 aliphatic rings. The number of nitrogens with one attached hydrogen (secondary N) is 1. The van der Waals surface area contributed by atoms with Crippen LogP contribution in [0.5, 0.6) is 0 Å². The van der Waals surface area contributed by atoms with Gasteiger partial charge in [-0.2, -0.15) is 0 Å². The topological polar surface area (TPSA) is 116 Å². The fourth-order valence-corrected chi connectivity index (χ4v) is 1.88. The Hall–Kier alpha value is -1.83. The second kappa shape index (κ2) is 6.93. The van der Waals surface area contributed by atoms with E-state index in [2.05, 4.69) is 10.1 Å². The lowest BCUT2D eigenvalue weighted by molar-refractivity contribution is -0.143. The molecule has 0 radical (unpaired) electrons. The summed E-state index contributed by atoms with van der Waals surface area (Å²) in [5, 5.41) is 20.8. The summed E-state index contributed by atoms with van der Waals surface area (Å²) in [5.74, 6) is -1.59. The van der Waals surface area contributed by atoms with E-state index in [-0.39, 0.29) is 32.5 Å². The number of rotatable bonds is 5. The Bertz CT molecular complexity index is 359. The Morgan fingerprint density at radius 2 is 2.11 bits per heavy atom. The molecule has 2 atom stereocenters. The van der Waals surface area contributed by atoms with Crippen molar-refractivity contribution in [3.05, 3.63) is 0 Å². The first-order valence-corrected chi connectivity index (χ1v) is 6.06. The van der Waals surface area contributed by atoms with Crippen LogP contribution in [-0.4, -0.2) is 64.9 Å².